The summed E-state index contributed by atoms with van der Waals surface area (Å²) in [6.45, 7) is 5.52. The summed E-state index contributed by atoms with van der Waals surface area (Å²) >= 11 is 4.91. The Kier molecular flexibility index (Phi) is 5.28. The largest absolute Gasteiger partial charge is 0.433 e. The van der Waals surface area contributed by atoms with E-state index >= 15 is 0 Å². The molecule has 0 saturated carbocycles. The molecule has 0 radical (unpaired) electrons. The van der Waals surface area contributed by atoms with Crippen LogP contribution in [0.5, 0.6) is 0 Å². The summed E-state index contributed by atoms with van der Waals surface area (Å²) in [5.41, 5.74) is -0.977. The molecule has 0 aromatic carbocycles. The van der Waals surface area contributed by atoms with Gasteiger partial charge in [0.2, 0.25) is 5.95 Å². The van der Waals surface area contributed by atoms with Crippen LogP contribution in [0.3, 0.4) is 0 Å². The van der Waals surface area contributed by atoms with Crippen molar-refractivity contribution in [1.82, 2.24) is 15.3 Å². The Bertz CT molecular complexity index is 568. The molecular formula is C14H20F3N5S. The van der Waals surface area contributed by atoms with Crippen molar-refractivity contribution in [1.29, 1.82) is 0 Å². The molecule has 5 nitrogen and oxygen atoms in total. The van der Waals surface area contributed by atoms with Gasteiger partial charge in [-0.15, -0.1) is 0 Å². The number of hydrogen-bond donors (Lipinski definition) is 2. The zero-order valence-corrected chi connectivity index (χ0v) is 14.1. The molecule has 0 spiro atoms. The van der Waals surface area contributed by atoms with Crippen molar-refractivity contribution >= 4 is 29.1 Å². The van der Waals surface area contributed by atoms with E-state index in [1.165, 1.54) is 0 Å². The van der Waals surface area contributed by atoms with Crippen LogP contribution >= 0.6 is 12.2 Å². The summed E-state index contributed by atoms with van der Waals surface area (Å²) in [7, 11) is 1.57. The normalized spacial score (nSPS) is 21.9. The molecule has 0 aliphatic carbocycles. The van der Waals surface area contributed by atoms with Gasteiger partial charge < -0.3 is 15.5 Å². The summed E-state index contributed by atoms with van der Waals surface area (Å²) in [4.78, 5) is 9.61. The molecule has 0 bridgehead atoms. The Morgan fingerprint density at radius 2 is 1.87 bits per heavy atom. The van der Waals surface area contributed by atoms with Gasteiger partial charge in [0.1, 0.15) is 5.82 Å². The van der Waals surface area contributed by atoms with Crippen LogP contribution in [0.25, 0.3) is 0 Å². The van der Waals surface area contributed by atoms with Crippen molar-refractivity contribution in [2.24, 2.45) is 11.8 Å². The molecule has 2 N–H and O–H groups in total. The van der Waals surface area contributed by atoms with Crippen LogP contribution in [0, 0.1) is 11.8 Å². The topological polar surface area (TPSA) is 53.1 Å². The van der Waals surface area contributed by atoms with Crippen molar-refractivity contribution in [3.63, 3.8) is 0 Å². The van der Waals surface area contributed by atoms with E-state index in [0.717, 1.165) is 12.5 Å². The lowest BCUT2D eigenvalue weighted by atomic mass is 9.92. The van der Waals surface area contributed by atoms with Gasteiger partial charge in [-0.2, -0.15) is 18.2 Å². The third-order valence-electron chi connectivity index (χ3n) is 3.65. The summed E-state index contributed by atoms with van der Waals surface area (Å²) in [5, 5.41) is 5.37. The molecule has 2 heterocycles. The minimum atomic E-state index is -4.54. The maximum absolute atomic E-state index is 13.1. The lowest BCUT2D eigenvalue weighted by Crippen LogP contribution is -2.39. The molecule has 2 rings (SSSR count). The fraction of sp³-hybridized carbons (Fsp3) is 0.643. The molecule has 1 aliphatic rings. The van der Waals surface area contributed by atoms with Gasteiger partial charge in [-0.1, -0.05) is 13.8 Å². The average molecular weight is 347 g/mol. The molecule has 1 aliphatic heterocycles. The first-order valence-corrected chi connectivity index (χ1v) is 7.79. The van der Waals surface area contributed by atoms with Crippen LogP contribution in [0.15, 0.2) is 6.07 Å². The highest BCUT2D eigenvalue weighted by Crippen LogP contribution is 2.32. The minimum Gasteiger partial charge on any atom is -0.365 e. The average Bonchev–Trinajstić information content (AvgIpc) is 2.44. The van der Waals surface area contributed by atoms with Crippen LogP contribution in [0.2, 0.25) is 0 Å². The molecule has 0 unspecified atom stereocenters. The first-order chi connectivity index (χ1) is 10.7. The standard InChI is InChI=1S/C14H20F3N5S/c1-8-4-9(2)7-22(6-8)11-5-10(14(15,16)17)19-12(20-11)21-13(23)18-3/h5,8-9H,4,6-7H2,1-3H3,(H2,18,19,20,21,23)/t8-,9-/m0/s1. The molecule has 1 aromatic rings. The Balaban J connectivity index is 2.37. The monoisotopic (exact) mass is 347 g/mol. The maximum atomic E-state index is 13.1. The summed E-state index contributed by atoms with van der Waals surface area (Å²) in [6.07, 6.45) is -3.48. The number of piperidine rings is 1. The van der Waals surface area contributed by atoms with Crippen molar-refractivity contribution in [3.8, 4) is 0 Å². The van der Waals surface area contributed by atoms with Crippen LogP contribution < -0.4 is 15.5 Å². The minimum absolute atomic E-state index is 0.153. The van der Waals surface area contributed by atoms with Gasteiger partial charge in [0.15, 0.2) is 10.8 Å². The zero-order valence-electron chi connectivity index (χ0n) is 13.2. The second-order valence-electron chi connectivity index (χ2n) is 5.99. The highest BCUT2D eigenvalue weighted by Gasteiger charge is 2.35. The third kappa shape index (κ3) is 4.66. The number of thiocarbonyl (C=S) groups is 1. The number of nitrogens with one attached hydrogen (secondary N) is 2. The summed E-state index contributed by atoms with van der Waals surface area (Å²) < 4.78 is 39.3. The fourth-order valence-corrected chi connectivity index (χ4v) is 2.90. The first kappa shape index (κ1) is 17.7. The Morgan fingerprint density at radius 3 is 2.39 bits per heavy atom. The molecule has 128 valence electrons. The van der Waals surface area contributed by atoms with Gasteiger partial charge in [-0.05, 0) is 30.5 Å². The summed E-state index contributed by atoms with van der Waals surface area (Å²) in [5.74, 6) is 0.919. The SMILES string of the molecule is CNC(=S)Nc1nc(N2C[C@@H](C)C[C@H](C)C2)cc(C(F)(F)F)n1. The molecular weight excluding hydrogens is 327 g/mol. The molecule has 9 heteroatoms. The number of alkyl halides is 3. The Labute approximate surface area is 138 Å². The van der Waals surface area contributed by atoms with E-state index in [1.54, 1.807) is 7.05 Å². The number of nitrogens with zero attached hydrogens (tertiary/aromatic N) is 3. The molecule has 2 atom stereocenters. The van der Waals surface area contributed by atoms with Gasteiger partial charge in [-0.25, -0.2) is 4.98 Å². The second kappa shape index (κ2) is 6.86. The zero-order chi connectivity index (χ0) is 17.2. The maximum Gasteiger partial charge on any atom is 0.433 e. The van der Waals surface area contributed by atoms with Gasteiger partial charge >= 0.3 is 6.18 Å². The Morgan fingerprint density at radius 1 is 1.26 bits per heavy atom. The number of hydrogen-bond acceptors (Lipinski definition) is 4. The van der Waals surface area contributed by atoms with Crippen LogP contribution in [0.4, 0.5) is 24.9 Å². The molecule has 1 saturated heterocycles. The Hall–Kier alpha value is -1.64. The molecule has 0 amide bonds. The van der Waals surface area contributed by atoms with E-state index < -0.39 is 11.9 Å². The predicted molar refractivity (Wildman–Crippen MR) is 87.5 cm³/mol. The van der Waals surface area contributed by atoms with E-state index in [-0.39, 0.29) is 16.9 Å². The van der Waals surface area contributed by atoms with E-state index in [4.69, 9.17) is 12.2 Å². The molecule has 23 heavy (non-hydrogen) atoms. The van der Waals surface area contributed by atoms with Gasteiger partial charge in [0.25, 0.3) is 0 Å². The smallest absolute Gasteiger partial charge is 0.365 e. The van der Waals surface area contributed by atoms with Crippen molar-refractivity contribution in [2.45, 2.75) is 26.4 Å². The number of aromatic nitrogens is 2. The highest BCUT2D eigenvalue weighted by molar-refractivity contribution is 7.80. The van der Waals surface area contributed by atoms with Crippen molar-refractivity contribution in [3.05, 3.63) is 11.8 Å². The van der Waals surface area contributed by atoms with E-state index in [9.17, 15) is 13.2 Å². The van der Waals surface area contributed by atoms with E-state index in [2.05, 4.69) is 34.4 Å². The van der Waals surface area contributed by atoms with Gasteiger partial charge in [0.05, 0.1) is 0 Å². The quantitative estimate of drug-likeness (QED) is 0.803. The molecule has 1 aromatic heterocycles. The number of anilines is 2. The lowest BCUT2D eigenvalue weighted by Gasteiger charge is -2.36. The van der Waals surface area contributed by atoms with Crippen LogP contribution in [-0.2, 0) is 6.18 Å². The molecule has 1 fully saturated rings. The van der Waals surface area contributed by atoms with Crippen LogP contribution in [-0.4, -0.2) is 35.2 Å². The van der Waals surface area contributed by atoms with E-state index in [0.29, 0.717) is 24.9 Å². The lowest BCUT2D eigenvalue weighted by molar-refractivity contribution is -0.141. The third-order valence-corrected chi connectivity index (χ3v) is 3.95. The highest BCUT2D eigenvalue weighted by atomic mass is 32.1. The van der Waals surface area contributed by atoms with Crippen molar-refractivity contribution < 1.29 is 13.2 Å². The summed E-state index contributed by atoms with van der Waals surface area (Å²) in [6, 6.07) is 0.998. The number of rotatable bonds is 2. The fourth-order valence-electron chi connectivity index (χ4n) is 2.81. The van der Waals surface area contributed by atoms with Crippen LogP contribution in [0.1, 0.15) is 26.0 Å². The number of halogens is 3. The first-order valence-electron chi connectivity index (χ1n) is 7.39. The van der Waals surface area contributed by atoms with Gasteiger partial charge in [0, 0.05) is 26.2 Å². The second-order valence-corrected chi connectivity index (χ2v) is 6.40. The predicted octanol–water partition coefficient (Wildman–Crippen LogP) is 2.89. The van der Waals surface area contributed by atoms with Crippen molar-refractivity contribution in [2.75, 3.05) is 30.4 Å². The van der Waals surface area contributed by atoms with Gasteiger partial charge in [-0.3, -0.25) is 0 Å². The van der Waals surface area contributed by atoms with E-state index in [1.807, 2.05) is 4.90 Å².